The third kappa shape index (κ3) is 4.23. The average Bonchev–Trinajstić information content (AvgIpc) is 2.47. The van der Waals surface area contributed by atoms with Crippen LogP contribution < -0.4 is 0 Å². The smallest absolute Gasteiger partial charge is 0.211 e. The lowest BCUT2D eigenvalue weighted by Gasteiger charge is -2.13. The van der Waals surface area contributed by atoms with Crippen molar-refractivity contribution in [2.75, 3.05) is 6.54 Å². The molecule has 0 aliphatic heterocycles. The van der Waals surface area contributed by atoms with E-state index in [0.29, 0.717) is 10.0 Å². The first-order valence-corrected chi connectivity index (χ1v) is 7.31. The Morgan fingerprint density at radius 3 is 2.33 bits per heavy atom. The molecule has 0 heterocycles. The molecule has 0 N–H and O–H groups in total. The molecule has 2 aromatic carbocycles. The van der Waals surface area contributed by atoms with Crippen LogP contribution in [-0.2, 0) is 0 Å². The van der Waals surface area contributed by atoms with Gasteiger partial charge < -0.3 is 0 Å². The molecule has 0 amide bonds. The summed E-state index contributed by atoms with van der Waals surface area (Å²) in [4.78, 5) is 22.9. The van der Waals surface area contributed by atoms with Crippen LogP contribution in [0.1, 0.15) is 28.3 Å². The minimum absolute atomic E-state index is 0.0989. The maximum absolute atomic E-state index is 12.4. The summed E-state index contributed by atoms with van der Waals surface area (Å²) in [6.07, 6.45) is 0.119. The summed E-state index contributed by atoms with van der Waals surface area (Å²) in [6, 6.07) is 16.3. The van der Waals surface area contributed by atoms with Gasteiger partial charge in [-0.3, -0.25) is 14.9 Å². The molecule has 21 heavy (non-hydrogen) atoms. The van der Waals surface area contributed by atoms with Crippen LogP contribution in [0.2, 0.25) is 0 Å². The zero-order valence-corrected chi connectivity index (χ0v) is 12.8. The van der Waals surface area contributed by atoms with Gasteiger partial charge in [-0.05, 0) is 11.6 Å². The number of hydrogen-bond donors (Lipinski definition) is 0. The highest BCUT2D eigenvalue weighted by Gasteiger charge is 2.22. The highest BCUT2D eigenvalue weighted by molar-refractivity contribution is 9.10. The van der Waals surface area contributed by atoms with Crippen molar-refractivity contribution < 1.29 is 9.72 Å². The van der Waals surface area contributed by atoms with E-state index >= 15 is 0 Å². The van der Waals surface area contributed by atoms with Crippen molar-refractivity contribution in [3.63, 3.8) is 0 Å². The molecule has 0 radical (unpaired) electrons. The maximum Gasteiger partial charge on any atom is 0.211 e. The van der Waals surface area contributed by atoms with E-state index in [4.69, 9.17) is 0 Å². The lowest BCUT2D eigenvalue weighted by atomic mass is 9.91. The van der Waals surface area contributed by atoms with Crippen molar-refractivity contribution >= 4 is 21.7 Å². The van der Waals surface area contributed by atoms with Gasteiger partial charge in [0.2, 0.25) is 6.54 Å². The molecular formula is C16H14BrNO3. The van der Waals surface area contributed by atoms with Crippen molar-refractivity contribution in [2.24, 2.45) is 0 Å². The Balaban J connectivity index is 2.21. The number of rotatable bonds is 6. The molecule has 0 saturated heterocycles. The monoisotopic (exact) mass is 347 g/mol. The molecular weight excluding hydrogens is 334 g/mol. The second-order valence-corrected chi connectivity index (χ2v) is 5.58. The molecule has 0 spiro atoms. The number of nitro groups is 1. The highest BCUT2D eigenvalue weighted by atomic mass is 79.9. The quantitative estimate of drug-likeness (QED) is 0.449. The summed E-state index contributed by atoms with van der Waals surface area (Å²) in [5.41, 5.74) is 1.37. The normalized spacial score (nSPS) is 11.9. The average molecular weight is 348 g/mol. The molecule has 4 nitrogen and oxygen atoms in total. The van der Waals surface area contributed by atoms with Crippen LogP contribution >= 0.6 is 15.9 Å². The molecule has 2 aromatic rings. The molecule has 0 aliphatic carbocycles. The number of ketones is 1. The molecule has 0 aromatic heterocycles. The fourth-order valence-electron chi connectivity index (χ4n) is 2.21. The molecule has 1 atom stereocenters. The molecule has 0 saturated carbocycles. The van der Waals surface area contributed by atoms with E-state index in [9.17, 15) is 14.9 Å². The predicted octanol–water partition coefficient (Wildman–Crippen LogP) is 4.08. The second kappa shape index (κ2) is 7.13. The fraction of sp³-hybridized carbons (Fsp3) is 0.188. The summed E-state index contributed by atoms with van der Waals surface area (Å²) in [5.74, 6) is -0.515. The SMILES string of the molecule is O=C(C[C@@H](C[N+](=O)[O-])c1ccccc1)c1ccccc1Br. The summed E-state index contributed by atoms with van der Waals surface area (Å²) < 4.78 is 0.711. The Morgan fingerprint density at radius 1 is 1.10 bits per heavy atom. The Labute approximate surface area is 131 Å². The van der Waals surface area contributed by atoms with Gasteiger partial charge in [0, 0.05) is 21.4 Å². The van der Waals surface area contributed by atoms with E-state index in [1.807, 2.05) is 36.4 Å². The predicted molar refractivity (Wildman–Crippen MR) is 84.1 cm³/mol. The van der Waals surface area contributed by atoms with Crippen molar-refractivity contribution in [1.29, 1.82) is 0 Å². The van der Waals surface area contributed by atoms with Gasteiger partial charge in [0.1, 0.15) is 0 Å². The van der Waals surface area contributed by atoms with Gasteiger partial charge in [0.15, 0.2) is 5.78 Å². The molecule has 0 bridgehead atoms. The van der Waals surface area contributed by atoms with E-state index in [1.54, 1.807) is 18.2 Å². The minimum Gasteiger partial charge on any atom is -0.294 e. The van der Waals surface area contributed by atoms with Gasteiger partial charge >= 0.3 is 0 Å². The Kier molecular flexibility index (Phi) is 5.22. The number of hydrogen-bond acceptors (Lipinski definition) is 3. The fourth-order valence-corrected chi connectivity index (χ4v) is 2.72. The second-order valence-electron chi connectivity index (χ2n) is 4.73. The Bertz CT molecular complexity index is 643. The third-order valence-corrected chi connectivity index (χ3v) is 3.94. The standard InChI is InChI=1S/C16H14BrNO3/c17-15-9-5-4-8-14(15)16(19)10-13(11-18(20)21)12-6-2-1-3-7-12/h1-9,13H,10-11H2/t13-/m0/s1. The van der Waals surface area contributed by atoms with E-state index in [2.05, 4.69) is 15.9 Å². The molecule has 2 rings (SSSR count). The first kappa shape index (κ1) is 15.4. The maximum atomic E-state index is 12.4. The molecule has 0 unspecified atom stereocenters. The molecule has 108 valence electrons. The first-order valence-electron chi connectivity index (χ1n) is 6.52. The van der Waals surface area contributed by atoms with Crippen LogP contribution in [0.4, 0.5) is 0 Å². The van der Waals surface area contributed by atoms with Crippen molar-refractivity contribution in [1.82, 2.24) is 0 Å². The zero-order valence-electron chi connectivity index (χ0n) is 11.2. The van der Waals surface area contributed by atoms with Crippen LogP contribution in [0.5, 0.6) is 0 Å². The molecule has 5 heteroatoms. The molecule has 0 fully saturated rings. The van der Waals surface area contributed by atoms with Gasteiger partial charge in [-0.1, -0.05) is 64.5 Å². The van der Waals surface area contributed by atoms with Crippen LogP contribution in [-0.4, -0.2) is 17.3 Å². The zero-order chi connectivity index (χ0) is 15.2. The third-order valence-electron chi connectivity index (χ3n) is 3.25. The van der Waals surface area contributed by atoms with Gasteiger partial charge in [0.05, 0.1) is 5.92 Å². The van der Waals surface area contributed by atoms with Crippen LogP contribution in [0.15, 0.2) is 59.1 Å². The van der Waals surface area contributed by atoms with Gasteiger partial charge in [0.25, 0.3) is 0 Å². The number of carbonyl (C=O) groups is 1. The van der Waals surface area contributed by atoms with E-state index < -0.39 is 5.92 Å². The summed E-state index contributed by atoms with van der Waals surface area (Å²) in [7, 11) is 0. The lowest BCUT2D eigenvalue weighted by molar-refractivity contribution is -0.483. The van der Waals surface area contributed by atoms with E-state index in [1.165, 1.54) is 0 Å². The van der Waals surface area contributed by atoms with Crippen LogP contribution in [0.3, 0.4) is 0 Å². The largest absolute Gasteiger partial charge is 0.294 e. The minimum atomic E-state index is -0.416. The summed E-state index contributed by atoms with van der Waals surface area (Å²) >= 11 is 3.34. The van der Waals surface area contributed by atoms with Gasteiger partial charge in [-0.15, -0.1) is 0 Å². The number of benzene rings is 2. The highest BCUT2D eigenvalue weighted by Crippen LogP contribution is 2.25. The van der Waals surface area contributed by atoms with Crippen molar-refractivity contribution in [2.45, 2.75) is 12.3 Å². The van der Waals surface area contributed by atoms with E-state index in [-0.39, 0.29) is 23.7 Å². The number of halogens is 1. The van der Waals surface area contributed by atoms with Crippen molar-refractivity contribution in [3.05, 3.63) is 80.3 Å². The number of carbonyl (C=O) groups excluding carboxylic acids is 1. The van der Waals surface area contributed by atoms with Gasteiger partial charge in [-0.2, -0.15) is 0 Å². The van der Waals surface area contributed by atoms with Crippen LogP contribution in [0.25, 0.3) is 0 Å². The number of nitrogens with zero attached hydrogens (tertiary/aromatic N) is 1. The lowest BCUT2D eigenvalue weighted by Crippen LogP contribution is -2.16. The first-order chi connectivity index (χ1) is 10.1. The topological polar surface area (TPSA) is 60.2 Å². The Hall–Kier alpha value is -2.01. The number of Topliss-reactive ketones (excluding diaryl/α,β-unsaturated/α-hetero) is 1. The van der Waals surface area contributed by atoms with Gasteiger partial charge in [-0.25, -0.2) is 0 Å². The summed E-state index contributed by atoms with van der Waals surface area (Å²) in [6.45, 7) is -0.250. The van der Waals surface area contributed by atoms with Crippen molar-refractivity contribution in [3.8, 4) is 0 Å². The molecule has 0 aliphatic rings. The summed E-state index contributed by atoms with van der Waals surface area (Å²) in [5, 5.41) is 10.9. The Morgan fingerprint density at radius 2 is 1.71 bits per heavy atom. The van der Waals surface area contributed by atoms with E-state index in [0.717, 1.165) is 5.56 Å². The van der Waals surface area contributed by atoms with Crippen LogP contribution in [0, 0.1) is 10.1 Å².